The van der Waals surface area contributed by atoms with Crippen molar-refractivity contribution in [3.05, 3.63) is 53.3 Å². The first-order valence-electron chi connectivity index (χ1n) is 9.80. The number of hydrogen-bond acceptors (Lipinski definition) is 4. The van der Waals surface area contributed by atoms with Crippen LogP contribution in [0, 0.1) is 0 Å². The van der Waals surface area contributed by atoms with Gasteiger partial charge in [-0.2, -0.15) is 0 Å². The number of aryl methyl sites for hydroxylation is 1. The molecule has 0 bridgehead atoms. The molecule has 2 aliphatic rings. The number of carbonyl (C=O) groups excluding carboxylic acids is 1. The molecule has 5 rings (SSSR count). The lowest BCUT2D eigenvalue weighted by Crippen LogP contribution is -2.37. The minimum Gasteiger partial charge on any atom is -0.378 e. The molecule has 1 amide bonds. The van der Waals surface area contributed by atoms with Gasteiger partial charge in [-0.05, 0) is 46.9 Å². The van der Waals surface area contributed by atoms with Gasteiger partial charge in [0.1, 0.15) is 5.65 Å². The highest BCUT2D eigenvalue weighted by molar-refractivity contribution is 5.82. The number of nitrogens with one attached hydrogen (secondary N) is 1. The van der Waals surface area contributed by atoms with Crippen molar-refractivity contribution in [1.29, 1.82) is 0 Å². The van der Waals surface area contributed by atoms with Gasteiger partial charge >= 0.3 is 0 Å². The molecular weight excluding hydrogens is 352 g/mol. The number of pyridine rings is 1. The Kier molecular flexibility index (Phi) is 4.37. The van der Waals surface area contributed by atoms with Crippen LogP contribution < -0.4 is 5.32 Å². The maximum absolute atomic E-state index is 11.3. The molecule has 0 saturated carbocycles. The lowest BCUT2D eigenvalue weighted by atomic mass is 9.87. The van der Waals surface area contributed by atoms with E-state index in [2.05, 4.69) is 34.6 Å². The average molecular weight is 376 g/mol. The Hall–Kier alpha value is -2.70. The van der Waals surface area contributed by atoms with Crippen molar-refractivity contribution < 1.29 is 9.53 Å². The summed E-state index contributed by atoms with van der Waals surface area (Å²) < 4.78 is 7.76. The van der Waals surface area contributed by atoms with Gasteiger partial charge in [0.2, 0.25) is 6.41 Å². The second-order valence-corrected chi connectivity index (χ2v) is 7.67. The molecule has 6 heteroatoms. The van der Waals surface area contributed by atoms with Crippen molar-refractivity contribution in [2.75, 3.05) is 26.3 Å². The van der Waals surface area contributed by atoms with E-state index in [9.17, 15) is 4.79 Å². The van der Waals surface area contributed by atoms with Crippen molar-refractivity contribution in [1.82, 2.24) is 19.8 Å². The Morgan fingerprint density at radius 1 is 1.29 bits per heavy atom. The monoisotopic (exact) mass is 376 g/mol. The van der Waals surface area contributed by atoms with Gasteiger partial charge in [0, 0.05) is 50.0 Å². The Labute approximate surface area is 164 Å². The van der Waals surface area contributed by atoms with E-state index in [4.69, 9.17) is 4.74 Å². The molecule has 1 fully saturated rings. The molecule has 2 aromatic heterocycles. The zero-order chi connectivity index (χ0) is 19.1. The number of nitrogens with zero attached hydrogens (tertiary/aromatic N) is 3. The Morgan fingerprint density at radius 3 is 3.04 bits per heavy atom. The summed E-state index contributed by atoms with van der Waals surface area (Å²) in [7, 11) is 2.01. The molecule has 2 aliphatic heterocycles. The third-order valence-corrected chi connectivity index (χ3v) is 5.89. The van der Waals surface area contributed by atoms with E-state index >= 15 is 0 Å². The van der Waals surface area contributed by atoms with E-state index in [1.165, 1.54) is 22.3 Å². The van der Waals surface area contributed by atoms with Crippen LogP contribution in [0.1, 0.15) is 22.7 Å². The number of morpholine rings is 1. The molecule has 28 heavy (non-hydrogen) atoms. The van der Waals surface area contributed by atoms with Gasteiger partial charge in [0.25, 0.3) is 0 Å². The number of fused-ring (bicyclic) bond motifs is 2. The lowest BCUT2D eigenvalue weighted by Gasteiger charge is -2.32. The fourth-order valence-electron chi connectivity index (χ4n) is 4.36. The number of ether oxygens (including phenoxy) is 1. The second-order valence-electron chi connectivity index (χ2n) is 7.67. The van der Waals surface area contributed by atoms with Gasteiger partial charge in [-0.25, -0.2) is 4.98 Å². The Bertz CT molecular complexity index is 1040. The quantitative estimate of drug-likeness (QED) is 0.714. The smallest absolute Gasteiger partial charge is 0.210 e. The summed E-state index contributed by atoms with van der Waals surface area (Å²) in [4.78, 5) is 17.9. The molecule has 0 aliphatic carbocycles. The van der Waals surface area contributed by atoms with E-state index < -0.39 is 0 Å². The predicted octanol–water partition coefficient (Wildman–Crippen LogP) is 2.42. The average Bonchev–Trinajstić information content (AvgIpc) is 3.13. The number of hydrogen-bond donors (Lipinski definition) is 1. The van der Waals surface area contributed by atoms with Crippen molar-refractivity contribution in [3.8, 4) is 11.1 Å². The zero-order valence-electron chi connectivity index (χ0n) is 16.0. The van der Waals surface area contributed by atoms with Gasteiger partial charge in [0.05, 0.1) is 19.3 Å². The Morgan fingerprint density at radius 2 is 2.21 bits per heavy atom. The zero-order valence-corrected chi connectivity index (χ0v) is 16.0. The van der Waals surface area contributed by atoms with Gasteiger partial charge in [-0.3, -0.25) is 4.79 Å². The molecule has 1 saturated heterocycles. The van der Waals surface area contributed by atoms with Crippen molar-refractivity contribution in [2.24, 2.45) is 7.05 Å². The predicted molar refractivity (Wildman–Crippen MR) is 108 cm³/mol. The van der Waals surface area contributed by atoms with Gasteiger partial charge in [-0.1, -0.05) is 6.07 Å². The summed E-state index contributed by atoms with van der Waals surface area (Å²) in [6.45, 7) is 3.69. The van der Waals surface area contributed by atoms with E-state index in [0.717, 1.165) is 49.1 Å². The van der Waals surface area contributed by atoms with Crippen LogP contribution in [-0.2, 0) is 29.5 Å². The lowest BCUT2D eigenvalue weighted by molar-refractivity contribution is -0.118. The molecule has 0 radical (unpaired) electrons. The van der Waals surface area contributed by atoms with Crippen LogP contribution in [0.2, 0.25) is 0 Å². The summed E-state index contributed by atoms with van der Waals surface area (Å²) in [6.07, 6.45) is 5.83. The third kappa shape index (κ3) is 2.99. The topological polar surface area (TPSA) is 59.4 Å². The van der Waals surface area contributed by atoms with E-state index in [0.29, 0.717) is 13.2 Å². The van der Waals surface area contributed by atoms with Crippen LogP contribution in [0.3, 0.4) is 0 Å². The fourth-order valence-corrected chi connectivity index (χ4v) is 4.36. The van der Waals surface area contributed by atoms with E-state index in [1.54, 1.807) is 0 Å². The first-order chi connectivity index (χ1) is 13.7. The van der Waals surface area contributed by atoms with Crippen molar-refractivity contribution in [2.45, 2.75) is 19.0 Å². The summed E-state index contributed by atoms with van der Waals surface area (Å²) in [5.41, 5.74) is 7.12. The van der Waals surface area contributed by atoms with Crippen LogP contribution in [0.4, 0.5) is 0 Å². The molecule has 1 N–H and O–H groups in total. The number of rotatable bonds is 3. The summed E-state index contributed by atoms with van der Waals surface area (Å²) in [5.74, 6) is 0. The number of amides is 1. The van der Waals surface area contributed by atoms with Gasteiger partial charge < -0.3 is 19.5 Å². The molecular formula is C22H24N4O2. The summed E-state index contributed by atoms with van der Waals surface area (Å²) in [5, 5.41) is 4.72. The highest BCUT2D eigenvalue weighted by atomic mass is 16.5. The van der Waals surface area contributed by atoms with Crippen LogP contribution in [0.25, 0.3) is 22.2 Å². The van der Waals surface area contributed by atoms with Crippen LogP contribution in [-0.4, -0.2) is 47.2 Å². The highest BCUT2D eigenvalue weighted by Crippen LogP contribution is 2.34. The number of carbonyl (C=O) groups is 1. The minimum absolute atomic E-state index is 0.155. The highest BCUT2D eigenvalue weighted by Gasteiger charge is 2.25. The molecule has 1 unspecified atom stereocenters. The molecule has 144 valence electrons. The first kappa shape index (κ1) is 17.4. The normalized spacial score (nSPS) is 19.6. The van der Waals surface area contributed by atoms with Crippen LogP contribution in [0.15, 0.2) is 36.7 Å². The molecule has 6 nitrogen and oxygen atoms in total. The number of benzene rings is 1. The number of aromatic nitrogens is 2. The van der Waals surface area contributed by atoms with E-state index in [-0.39, 0.29) is 6.04 Å². The van der Waals surface area contributed by atoms with Crippen LogP contribution >= 0.6 is 0 Å². The molecule has 0 spiro atoms. The maximum Gasteiger partial charge on any atom is 0.210 e. The minimum atomic E-state index is 0.155. The first-order valence-corrected chi connectivity index (χ1v) is 9.80. The Balaban J connectivity index is 1.62. The molecule has 1 aromatic carbocycles. The van der Waals surface area contributed by atoms with Crippen molar-refractivity contribution in [3.63, 3.8) is 0 Å². The molecule has 4 heterocycles. The molecule has 1 atom stereocenters. The standard InChI is InChI=1S/C22H24N4O2/c1-25-5-2-16-9-18(11-24-22(16)25)17-8-15-3-6-26(14-27)12-20(15)19(10-17)21-13-28-7-4-23-21/h2,5,8-11,14,21,23H,3-4,6-7,12-13H2,1H3. The fraction of sp³-hybridized carbons (Fsp3) is 0.364. The SMILES string of the molecule is Cn1ccc2cc(-c3cc4c(c(C5COCCN5)c3)CN(C=O)CC4)cnc21. The van der Waals surface area contributed by atoms with Gasteiger partial charge in [0.15, 0.2) is 0 Å². The van der Waals surface area contributed by atoms with E-state index in [1.807, 2.05) is 28.9 Å². The summed E-state index contributed by atoms with van der Waals surface area (Å²) in [6, 6.07) is 8.99. The maximum atomic E-state index is 11.3. The second kappa shape index (κ2) is 7.04. The third-order valence-electron chi connectivity index (χ3n) is 5.89. The van der Waals surface area contributed by atoms with Crippen molar-refractivity contribution >= 4 is 17.4 Å². The largest absolute Gasteiger partial charge is 0.378 e. The molecule has 3 aromatic rings. The van der Waals surface area contributed by atoms with Gasteiger partial charge in [-0.15, -0.1) is 0 Å². The van der Waals surface area contributed by atoms with Crippen LogP contribution in [0.5, 0.6) is 0 Å². The summed E-state index contributed by atoms with van der Waals surface area (Å²) >= 11 is 0.